The molecule has 0 fully saturated rings. The average molecular weight is 237 g/mol. The van der Waals surface area contributed by atoms with Crippen LogP contribution in [0.4, 0.5) is 5.69 Å². The minimum absolute atomic E-state index is 0.577. The van der Waals surface area contributed by atoms with Crippen molar-refractivity contribution >= 4 is 5.69 Å². The fraction of sp³-hybridized carbons (Fsp3) is 0.571. The molecule has 2 N–H and O–H groups in total. The second-order valence-corrected chi connectivity index (χ2v) is 4.47. The first kappa shape index (κ1) is 13.8. The normalized spacial score (nSPS) is 11.4. The van der Waals surface area contributed by atoms with Crippen LogP contribution in [0.2, 0.25) is 0 Å². The Morgan fingerprint density at radius 2 is 1.94 bits per heavy atom. The Kier molecular flexibility index (Phi) is 4.82. The van der Waals surface area contributed by atoms with E-state index in [1.165, 1.54) is 0 Å². The summed E-state index contributed by atoms with van der Waals surface area (Å²) in [6.07, 6.45) is 1.51. The van der Waals surface area contributed by atoms with E-state index in [0.717, 1.165) is 29.8 Å². The fourth-order valence-electron chi connectivity index (χ4n) is 1.72. The Bertz CT molecular complexity index is 359. The Morgan fingerprint density at radius 3 is 2.41 bits per heavy atom. The maximum absolute atomic E-state index is 10.2. The number of rotatable bonds is 6. The lowest BCUT2D eigenvalue weighted by Crippen LogP contribution is -2.35. The van der Waals surface area contributed by atoms with Crippen molar-refractivity contribution in [2.75, 3.05) is 19.0 Å². The Hall–Kier alpha value is -1.22. The van der Waals surface area contributed by atoms with Gasteiger partial charge in [0.05, 0.1) is 12.7 Å². The predicted molar refractivity (Wildman–Crippen MR) is 71.8 cm³/mol. The van der Waals surface area contributed by atoms with Crippen LogP contribution in [0.5, 0.6) is 5.75 Å². The molecule has 0 spiro atoms. The van der Waals surface area contributed by atoms with E-state index in [1.807, 2.05) is 39.0 Å². The third kappa shape index (κ3) is 3.63. The largest absolute Gasteiger partial charge is 0.497 e. The summed E-state index contributed by atoms with van der Waals surface area (Å²) in [5.41, 5.74) is 1.55. The van der Waals surface area contributed by atoms with Gasteiger partial charge in [-0.1, -0.05) is 13.8 Å². The molecule has 1 aromatic carbocycles. The Morgan fingerprint density at radius 1 is 1.29 bits per heavy atom. The first-order chi connectivity index (χ1) is 8.04. The lowest BCUT2D eigenvalue weighted by molar-refractivity contribution is 0.0457. The Balaban J connectivity index is 2.69. The number of ether oxygens (including phenoxy) is 1. The molecule has 3 nitrogen and oxygen atoms in total. The van der Waals surface area contributed by atoms with Crippen molar-refractivity contribution in [2.45, 2.75) is 39.2 Å². The van der Waals surface area contributed by atoms with E-state index >= 15 is 0 Å². The number of benzene rings is 1. The monoisotopic (exact) mass is 237 g/mol. The number of anilines is 1. The van der Waals surface area contributed by atoms with Gasteiger partial charge in [0.1, 0.15) is 5.75 Å². The van der Waals surface area contributed by atoms with Crippen LogP contribution < -0.4 is 10.1 Å². The van der Waals surface area contributed by atoms with Gasteiger partial charge in [-0.05, 0) is 43.5 Å². The molecule has 0 amide bonds. The molecule has 0 aliphatic heterocycles. The molecule has 0 radical (unpaired) electrons. The maximum atomic E-state index is 10.2. The summed E-state index contributed by atoms with van der Waals surface area (Å²) in [4.78, 5) is 0. The minimum atomic E-state index is -0.619. The topological polar surface area (TPSA) is 41.5 Å². The first-order valence-electron chi connectivity index (χ1n) is 6.15. The molecule has 0 aliphatic rings. The van der Waals surface area contributed by atoms with Gasteiger partial charge in [-0.3, -0.25) is 0 Å². The van der Waals surface area contributed by atoms with E-state index in [9.17, 15) is 5.11 Å². The first-order valence-corrected chi connectivity index (χ1v) is 6.15. The van der Waals surface area contributed by atoms with Crippen molar-refractivity contribution in [3.05, 3.63) is 23.8 Å². The molecule has 17 heavy (non-hydrogen) atoms. The standard InChI is InChI=1S/C14H23NO2/c1-5-14(16,6-2)10-15-13-8-7-12(17-4)9-11(13)3/h7-9,15-16H,5-6,10H2,1-4H3. The molecular weight excluding hydrogens is 214 g/mol. The molecule has 0 heterocycles. The lowest BCUT2D eigenvalue weighted by Gasteiger charge is -2.26. The predicted octanol–water partition coefficient (Wildman–Crippen LogP) is 2.97. The van der Waals surface area contributed by atoms with Crippen LogP contribution in [0.15, 0.2) is 18.2 Å². The van der Waals surface area contributed by atoms with Crippen LogP contribution in [-0.4, -0.2) is 24.4 Å². The molecule has 0 aliphatic carbocycles. The van der Waals surface area contributed by atoms with Gasteiger partial charge in [0.2, 0.25) is 0 Å². The molecule has 1 aromatic rings. The van der Waals surface area contributed by atoms with Gasteiger partial charge in [0, 0.05) is 12.2 Å². The van der Waals surface area contributed by atoms with Gasteiger partial charge in [0.15, 0.2) is 0 Å². The summed E-state index contributed by atoms with van der Waals surface area (Å²) in [7, 11) is 1.66. The number of hydrogen-bond donors (Lipinski definition) is 2. The second-order valence-electron chi connectivity index (χ2n) is 4.47. The fourth-order valence-corrected chi connectivity index (χ4v) is 1.72. The number of aliphatic hydroxyl groups is 1. The van der Waals surface area contributed by atoms with E-state index in [0.29, 0.717) is 6.54 Å². The molecule has 96 valence electrons. The number of hydrogen-bond acceptors (Lipinski definition) is 3. The molecular formula is C14H23NO2. The quantitative estimate of drug-likeness (QED) is 0.799. The van der Waals surface area contributed by atoms with Crippen LogP contribution in [0.25, 0.3) is 0 Å². The zero-order valence-corrected chi connectivity index (χ0v) is 11.2. The third-order valence-electron chi connectivity index (χ3n) is 3.36. The molecule has 0 saturated heterocycles. The highest BCUT2D eigenvalue weighted by Crippen LogP contribution is 2.22. The molecule has 0 atom stereocenters. The van der Waals surface area contributed by atoms with Gasteiger partial charge in [-0.15, -0.1) is 0 Å². The zero-order chi connectivity index (χ0) is 12.9. The SMILES string of the molecule is CCC(O)(CC)CNc1ccc(OC)cc1C. The van der Waals surface area contributed by atoms with Gasteiger partial charge >= 0.3 is 0 Å². The van der Waals surface area contributed by atoms with Crippen LogP contribution >= 0.6 is 0 Å². The molecule has 0 aromatic heterocycles. The minimum Gasteiger partial charge on any atom is -0.497 e. The highest BCUT2D eigenvalue weighted by molar-refractivity contribution is 5.53. The molecule has 0 unspecified atom stereocenters. The molecule has 0 bridgehead atoms. The van der Waals surface area contributed by atoms with E-state index < -0.39 is 5.60 Å². The summed E-state index contributed by atoms with van der Waals surface area (Å²) >= 11 is 0. The second kappa shape index (κ2) is 5.92. The van der Waals surface area contributed by atoms with Crippen molar-refractivity contribution in [1.82, 2.24) is 0 Å². The van der Waals surface area contributed by atoms with Crippen molar-refractivity contribution in [2.24, 2.45) is 0 Å². The van der Waals surface area contributed by atoms with Crippen LogP contribution in [0, 0.1) is 6.92 Å². The van der Waals surface area contributed by atoms with E-state index in [4.69, 9.17) is 4.74 Å². The van der Waals surface area contributed by atoms with Crippen LogP contribution in [0.1, 0.15) is 32.3 Å². The van der Waals surface area contributed by atoms with Gasteiger partial charge in [-0.2, -0.15) is 0 Å². The van der Waals surface area contributed by atoms with Crippen molar-refractivity contribution in [3.63, 3.8) is 0 Å². The van der Waals surface area contributed by atoms with Gasteiger partial charge in [-0.25, -0.2) is 0 Å². The van der Waals surface area contributed by atoms with Crippen molar-refractivity contribution in [3.8, 4) is 5.75 Å². The van der Waals surface area contributed by atoms with Crippen molar-refractivity contribution < 1.29 is 9.84 Å². The summed E-state index contributed by atoms with van der Waals surface area (Å²) in [6.45, 7) is 6.62. The summed E-state index contributed by atoms with van der Waals surface area (Å²) in [5.74, 6) is 0.856. The van der Waals surface area contributed by atoms with E-state index in [2.05, 4.69) is 5.32 Å². The summed E-state index contributed by atoms with van der Waals surface area (Å²) in [5, 5.41) is 13.5. The van der Waals surface area contributed by atoms with E-state index in [-0.39, 0.29) is 0 Å². The number of methoxy groups -OCH3 is 1. The van der Waals surface area contributed by atoms with E-state index in [1.54, 1.807) is 7.11 Å². The summed E-state index contributed by atoms with van der Waals surface area (Å²) < 4.78 is 5.16. The zero-order valence-electron chi connectivity index (χ0n) is 11.2. The van der Waals surface area contributed by atoms with Crippen LogP contribution in [-0.2, 0) is 0 Å². The molecule has 1 rings (SSSR count). The highest BCUT2D eigenvalue weighted by atomic mass is 16.5. The number of aryl methyl sites for hydroxylation is 1. The van der Waals surface area contributed by atoms with Gasteiger partial charge in [0.25, 0.3) is 0 Å². The lowest BCUT2D eigenvalue weighted by atomic mass is 9.97. The van der Waals surface area contributed by atoms with Crippen molar-refractivity contribution in [1.29, 1.82) is 0 Å². The third-order valence-corrected chi connectivity index (χ3v) is 3.36. The van der Waals surface area contributed by atoms with Gasteiger partial charge < -0.3 is 15.2 Å². The smallest absolute Gasteiger partial charge is 0.119 e. The average Bonchev–Trinajstić information content (AvgIpc) is 2.36. The molecule has 0 saturated carbocycles. The Labute approximate surface area is 104 Å². The summed E-state index contributed by atoms with van der Waals surface area (Å²) in [6, 6.07) is 5.89. The number of nitrogens with one attached hydrogen (secondary N) is 1. The highest BCUT2D eigenvalue weighted by Gasteiger charge is 2.21. The maximum Gasteiger partial charge on any atom is 0.119 e. The van der Waals surface area contributed by atoms with Crippen LogP contribution in [0.3, 0.4) is 0 Å². The molecule has 3 heteroatoms.